The molecular formula is C47H50Cl2F2N8O4. The fourth-order valence-electron chi connectivity index (χ4n) is 8.73. The Balaban J connectivity index is 0.000000177. The molecule has 0 saturated carbocycles. The third-order valence-corrected chi connectivity index (χ3v) is 12.7. The summed E-state index contributed by atoms with van der Waals surface area (Å²) in [5, 5.41) is 9.54. The SMILES string of the molecule is O=C1C(N2CCCN(c3ccc(O)cn3)CC2)CCN1c1ccc(Cl)c(F)c1.O=C1C(N2CCCN(c3ccc(OCc4ccccc4)cn3)CC2)CCN1c1ccc(Cl)c(F)c1. The van der Waals surface area contributed by atoms with Crippen LogP contribution in [0, 0.1) is 11.6 Å². The number of carbonyl (C=O) groups excluding carboxylic acids is 2. The number of halogens is 4. The summed E-state index contributed by atoms with van der Waals surface area (Å²) < 4.78 is 33.6. The second kappa shape index (κ2) is 20.3. The second-order valence-corrected chi connectivity index (χ2v) is 16.9. The minimum Gasteiger partial charge on any atom is -0.506 e. The van der Waals surface area contributed by atoms with Crippen molar-refractivity contribution in [3.05, 3.63) is 131 Å². The molecule has 16 heteroatoms. The van der Waals surface area contributed by atoms with E-state index in [2.05, 4.69) is 29.6 Å². The molecular weight excluding hydrogens is 849 g/mol. The van der Waals surface area contributed by atoms with Crippen LogP contribution < -0.4 is 24.3 Å². The van der Waals surface area contributed by atoms with Crippen molar-refractivity contribution >= 4 is 58.0 Å². The van der Waals surface area contributed by atoms with Crippen molar-refractivity contribution in [2.24, 2.45) is 0 Å². The van der Waals surface area contributed by atoms with E-state index in [1.807, 2.05) is 48.5 Å². The summed E-state index contributed by atoms with van der Waals surface area (Å²) in [7, 11) is 0. The van der Waals surface area contributed by atoms with Crippen LogP contribution in [-0.2, 0) is 16.2 Å². The molecule has 0 spiro atoms. The number of nitrogens with zero attached hydrogens (tertiary/aromatic N) is 8. The fourth-order valence-corrected chi connectivity index (χ4v) is 8.97. The first-order valence-corrected chi connectivity index (χ1v) is 22.2. The summed E-state index contributed by atoms with van der Waals surface area (Å²) in [5.41, 5.74) is 2.24. The Labute approximate surface area is 376 Å². The Morgan fingerprint density at radius 1 is 0.603 bits per heavy atom. The van der Waals surface area contributed by atoms with Crippen LogP contribution in [0.25, 0.3) is 0 Å². The molecule has 4 aliphatic rings. The molecule has 12 nitrogen and oxygen atoms in total. The molecule has 0 aliphatic carbocycles. The first-order valence-electron chi connectivity index (χ1n) is 21.4. The average Bonchev–Trinajstić information content (AvgIpc) is 3.64. The number of pyridine rings is 2. The highest BCUT2D eigenvalue weighted by Crippen LogP contribution is 2.30. The van der Waals surface area contributed by atoms with E-state index in [4.69, 9.17) is 27.9 Å². The van der Waals surface area contributed by atoms with Gasteiger partial charge in [0.05, 0.1) is 34.5 Å². The van der Waals surface area contributed by atoms with Gasteiger partial charge in [-0.05, 0) is 91.9 Å². The van der Waals surface area contributed by atoms with Crippen molar-refractivity contribution in [1.82, 2.24) is 19.8 Å². The lowest BCUT2D eigenvalue weighted by atomic mass is 10.2. The van der Waals surface area contributed by atoms with E-state index in [0.717, 1.165) is 101 Å². The molecule has 4 saturated heterocycles. The monoisotopic (exact) mass is 898 g/mol. The molecule has 2 unspecified atom stereocenters. The van der Waals surface area contributed by atoms with Gasteiger partial charge in [0, 0.05) is 76.8 Å². The number of carbonyl (C=O) groups is 2. The van der Waals surface area contributed by atoms with Crippen molar-refractivity contribution < 1.29 is 28.2 Å². The average molecular weight is 900 g/mol. The minimum atomic E-state index is -0.512. The van der Waals surface area contributed by atoms with Crippen LogP contribution in [0.4, 0.5) is 31.8 Å². The Hall–Kier alpha value is -5.54. The smallest absolute Gasteiger partial charge is 0.244 e. The molecule has 9 rings (SSSR count). The summed E-state index contributed by atoms with van der Waals surface area (Å²) in [6.45, 7) is 8.13. The largest absolute Gasteiger partial charge is 0.506 e. The number of hydrogen-bond acceptors (Lipinski definition) is 10. The van der Waals surface area contributed by atoms with Crippen molar-refractivity contribution in [3.8, 4) is 11.5 Å². The maximum absolute atomic E-state index is 13.9. The molecule has 0 radical (unpaired) electrons. The lowest BCUT2D eigenvalue weighted by Crippen LogP contribution is -2.43. The van der Waals surface area contributed by atoms with E-state index < -0.39 is 11.6 Å². The molecule has 63 heavy (non-hydrogen) atoms. The van der Waals surface area contributed by atoms with E-state index in [-0.39, 0.29) is 39.7 Å². The third kappa shape index (κ3) is 10.6. The van der Waals surface area contributed by atoms with Crippen molar-refractivity contribution in [2.45, 2.75) is 44.4 Å². The Kier molecular flexibility index (Phi) is 14.2. The van der Waals surface area contributed by atoms with Crippen LogP contribution >= 0.6 is 23.2 Å². The molecule has 2 atom stereocenters. The van der Waals surface area contributed by atoms with Crippen LogP contribution in [-0.4, -0.2) is 114 Å². The van der Waals surface area contributed by atoms with Gasteiger partial charge in [-0.25, -0.2) is 18.7 Å². The molecule has 6 heterocycles. The van der Waals surface area contributed by atoms with Gasteiger partial charge in [0.2, 0.25) is 11.8 Å². The first-order chi connectivity index (χ1) is 30.6. The van der Waals surface area contributed by atoms with Gasteiger partial charge in [-0.2, -0.15) is 0 Å². The van der Waals surface area contributed by atoms with Gasteiger partial charge in [-0.15, -0.1) is 0 Å². The highest BCUT2D eigenvalue weighted by Gasteiger charge is 2.39. The van der Waals surface area contributed by atoms with Crippen molar-refractivity contribution in [3.63, 3.8) is 0 Å². The topological polar surface area (TPSA) is 109 Å². The number of ether oxygens (including phenoxy) is 1. The van der Waals surface area contributed by atoms with Crippen LogP contribution in [0.5, 0.6) is 11.5 Å². The number of hydrogen-bond donors (Lipinski definition) is 1. The second-order valence-electron chi connectivity index (χ2n) is 16.0. The fraction of sp³-hybridized carbons (Fsp3) is 0.362. The maximum Gasteiger partial charge on any atom is 0.244 e. The Morgan fingerprint density at radius 2 is 1.13 bits per heavy atom. The van der Waals surface area contributed by atoms with Crippen LogP contribution in [0.3, 0.4) is 0 Å². The highest BCUT2D eigenvalue weighted by atomic mass is 35.5. The van der Waals surface area contributed by atoms with E-state index >= 15 is 0 Å². The minimum absolute atomic E-state index is 0.0120. The van der Waals surface area contributed by atoms with Gasteiger partial charge in [0.25, 0.3) is 0 Å². The summed E-state index contributed by atoms with van der Waals surface area (Å²) >= 11 is 11.6. The van der Waals surface area contributed by atoms with E-state index in [0.29, 0.717) is 31.1 Å². The van der Waals surface area contributed by atoms with Crippen LogP contribution in [0.15, 0.2) is 103 Å². The zero-order valence-electron chi connectivity index (χ0n) is 34.8. The summed E-state index contributed by atoms with van der Waals surface area (Å²) in [6, 6.07) is 26.1. The molecule has 3 aromatic carbocycles. The standard InChI is InChI=1S/C27H28ClFN4O2.C20H22ClFN4O2/c28-23-9-7-21(17-24(23)29)33-14-11-25(27(33)34)31-12-4-13-32(16-15-31)26-10-8-22(18-30-26)35-19-20-5-2-1-3-6-20;21-16-4-2-14(12-17(16)22)26-9-6-18(20(26)28)24-7-1-8-25(11-10-24)19-5-3-15(27)13-23-19/h1-3,5-10,17-18,25H,4,11-16,19H2;2-5,12-13,18,27H,1,6-11H2. The Morgan fingerprint density at radius 3 is 1.60 bits per heavy atom. The number of anilines is 4. The molecule has 1 N–H and O–H groups in total. The third-order valence-electron chi connectivity index (χ3n) is 12.1. The summed E-state index contributed by atoms with van der Waals surface area (Å²) in [4.78, 5) is 47.3. The van der Waals surface area contributed by atoms with Crippen LogP contribution in [0.2, 0.25) is 10.0 Å². The quantitative estimate of drug-likeness (QED) is 0.159. The molecule has 4 fully saturated rings. The number of amides is 2. The molecule has 2 aromatic heterocycles. The number of aromatic hydroxyl groups is 1. The lowest BCUT2D eigenvalue weighted by molar-refractivity contribution is -0.122. The van der Waals surface area contributed by atoms with Gasteiger partial charge in [0.1, 0.15) is 41.4 Å². The number of benzene rings is 3. The van der Waals surface area contributed by atoms with Crippen molar-refractivity contribution in [1.29, 1.82) is 0 Å². The first kappa shape index (κ1) is 44.1. The molecule has 2 amide bonds. The zero-order chi connectivity index (χ0) is 43.9. The number of aromatic nitrogens is 2. The van der Waals surface area contributed by atoms with Gasteiger partial charge in [-0.1, -0.05) is 53.5 Å². The van der Waals surface area contributed by atoms with Crippen LogP contribution in [0.1, 0.15) is 31.2 Å². The highest BCUT2D eigenvalue weighted by molar-refractivity contribution is 6.31. The van der Waals surface area contributed by atoms with E-state index in [1.54, 1.807) is 34.2 Å². The van der Waals surface area contributed by atoms with Crippen molar-refractivity contribution in [2.75, 3.05) is 85.0 Å². The molecule has 330 valence electrons. The van der Waals surface area contributed by atoms with Gasteiger partial charge in [-0.3, -0.25) is 19.4 Å². The zero-order valence-corrected chi connectivity index (χ0v) is 36.3. The van der Waals surface area contributed by atoms with E-state index in [1.165, 1.54) is 30.5 Å². The van der Waals surface area contributed by atoms with Gasteiger partial charge < -0.3 is 29.4 Å². The van der Waals surface area contributed by atoms with Gasteiger partial charge in [0.15, 0.2) is 0 Å². The number of rotatable bonds is 9. The molecule has 0 bridgehead atoms. The Bertz CT molecular complexity index is 2350. The predicted molar refractivity (Wildman–Crippen MR) is 242 cm³/mol. The molecule has 5 aromatic rings. The van der Waals surface area contributed by atoms with E-state index in [9.17, 15) is 23.5 Å². The summed E-state index contributed by atoms with van der Waals surface area (Å²) in [6.07, 6.45) is 6.52. The van der Waals surface area contributed by atoms with Gasteiger partial charge >= 0.3 is 0 Å². The lowest BCUT2D eigenvalue weighted by Gasteiger charge is -2.27. The maximum atomic E-state index is 13.9. The molecule has 4 aliphatic heterocycles. The summed E-state index contributed by atoms with van der Waals surface area (Å²) in [5.74, 6) is 1.65. The normalized spacial score (nSPS) is 20.1. The predicted octanol–water partition coefficient (Wildman–Crippen LogP) is 7.67.